The lowest BCUT2D eigenvalue weighted by atomic mass is 10.0. The van der Waals surface area contributed by atoms with E-state index >= 15 is 0 Å². The Kier molecular flexibility index (Phi) is 35.3. The number of unbranched alkanes of at least 4 members (excludes halogenated alkanes) is 29. The zero-order valence-corrected chi connectivity index (χ0v) is 41.3. The summed E-state index contributed by atoms with van der Waals surface area (Å²) in [4.78, 5) is 55.3. The summed E-state index contributed by atoms with van der Waals surface area (Å²) in [6.07, 6.45) is 35.2. The topological polar surface area (TPSA) is 118 Å². The van der Waals surface area contributed by atoms with Gasteiger partial charge in [-0.3, -0.25) is 19.2 Å². The van der Waals surface area contributed by atoms with Gasteiger partial charge in [-0.1, -0.05) is 207 Å². The van der Waals surface area contributed by atoms with Crippen LogP contribution < -0.4 is 0 Å². The molecule has 2 rings (SSSR count). The first-order chi connectivity index (χ1) is 30.8. The molecule has 0 radical (unpaired) electrons. The largest absolute Gasteiger partial charge is 0.461 e. The third-order valence-electron chi connectivity index (χ3n) is 13.2. The monoisotopic (exact) mass is 892 g/mol. The highest BCUT2D eigenvalue weighted by molar-refractivity contribution is 5.73. The van der Waals surface area contributed by atoms with Crippen molar-refractivity contribution in [3.63, 3.8) is 0 Å². The van der Waals surface area contributed by atoms with Crippen molar-refractivity contribution in [2.45, 2.75) is 276 Å². The highest BCUT2D eigenvalue weighted by atomic mass is 16.7. The lowest BCUT2D eigenvalue weighted by Gasteiger charge is -2.29. The van der Waals surface area contributed by atoms with Crippen LogP contribution in [0, 0.1) is 5.92 Å². The Morgan fingerprint density at radius 2 is 0.905 bits per heavy atom. The van der Waals surface area contributed by atoms with Gasteiger partial charge in [0.15, 0.2) is 18.3 Å². The molecule has 0 aliphatic carbocycles. The van der Waals surface area contributed by atoms with Gasteiger partial charge in [-0.05, 0) is 39.3 Å². The van der Waals surface area contributed by atoms with Crippen molar-refractivity contribution < 1.29 is 42.9 Å². The molecule has 0 spiro atoms. The molecule has 10 heteroatoms. The van der Waals surface area contributed by atoms with Crippen LogP contribution in [0.15, 0.2) is 0 Å². The normalized spacial score (nSPS) is 19.3. The molecule has 0 aromatic carbocycles. The molecule has 2 unspecified atom stereocenters. The fourth-order valence-electron chi connectivity index (χ4n) is 9.07. The van der Waals surface area contributed by atoms with Gasteiger partial charge in [0, 0.05) is 25.8 Å². The number of hydrogen-bond donors (Lipinski definition) is 0. The Labute approximate surface area is 386 Å². The van der Waals surface area contributed by atoms with Crippen LogP contribution in [0.3, 0.4) is 0 Å². The zero-order valence-electron chi connectivity index (χ0n) is 41.3. The molecule has 2 aliphatic rings. The number of ether oxygens (including phenoxy) is 5. The van der Waals surface area contributed by atoms with E-state index in [4.69, 9.17) is 23.7 Å². The summed E-state index contributed by atoms with van der Waals surface area (Å²) in [6, 6.07) is 0. The fourth-order valence-corrected chi connectivity index (χ4v) is 9.07. The van der Waals surface area contributed by atoms with Crippen LogP contribution in [0.5, 0.6) is 0 Å². The van der Waals surface area contributed by atoms with Gasteiger partial charge < -0.3 is 28.6 Å². The summed E-state index contributed by atoms with van der Waals surface area (Å²) in [7, 11) is 1.98. The van der Waals surface area contributed by atoms with Gasteiger partial charge in [-0.25, -0.2) is 0 Å². The quantitative estimate of drug-likeness (QED) is 0.0333. The van der Waals surface area contributed by atoms with E-state index in [9.17, 15) is 19.2 Å². The van der Waals surface area contributed by atoms with Crippen molar-refractivity contribution in [2.75, 3.05) is 33.4 Å². The minimum absolute atomic E-state index is 0.00114. The predicted molar refractivity (Wildman–Crippen MR) is 255 cm³/mol. The minimum atomic E-state index is -1.02. The second-order valence-corrected chi connectivity index (χ2v) is 19.2. The van der Waals surface area contributed by atoms with Crippen LogP contribution in [0.25, 0.3) is 0 Å². The predicted octanol–water partition coefficient (Wildman–Crippen LogP) is 13.3. The maximum absolute atomic E-state index is 13.4. The number of carbonyl (C=O) groups excluding carboxylic acids is 4. The van der Waals surface area contributed by atoms with Crippen LogP contribution in [-0.4, -0.2) is 86.5 Å². The molecule has 368 valence electrons. The number of nitrogens with zero attached hydrogens (tertiary/aromatic N) is 1. The molecule has 0 bridgehead atoms. The summed E-state index contributed by atoms with van der Waals surface area (Å²) in [5.41, 5.74) is 0. The van der Waals surface area contributed by atoms with Crippen molar-refractivity contribution in [1.82, 2.24) is 4.90 Å². The molecule has 0 aromatic rings. The first-order valence-electron chi connectivity index (χ1n) is 26.8. The molecule has 0 saturated carbocycles. The third-order valence-corrected chi connectivity index (χ3v) is 13.2. The van der Waals surface area contributed by atoms with Crippen LogP contribution in [0.1, 0.15) is 252 Å². The molecular weight excluding hydrogens is 795 g/mol. The molecule has 2 aliphatic heterocycles. The number of esters is 4. The maximum Gasteiger partial charge on any atom is 0.310 e. The van der Waals surface area contributed by atoms with E-state index < -0.39 is 30.4 Å². The van der Waals surface area contributed by atoms with E-state index in [2.05, 4.69) is 25.7 Å². The minimum Gasteiger partial charge on any atom is -0.461 e. The lowest BCUT2D eigenvalue weighted by Crippen LogP contribution is -2.47. The smallest absolute Gasteiger partial charge is 0.310 e. The first kappa shape index (κ1) is 56.9. The number of carbonyl (C=O) groups is 4. The summed E-state index contributed by atoms with van der Waals surface area (Å²) >= 11 is 0. The van der Waals surface area contributed by atoms with Crippen LogP contribution in [0.4, 0.5) is 0 Å². The van der Waals surface area contributed by atoms with Crippen molar-refractivity contribution in [1.29, 1.82) is 0 Å². The second-order valence-electron chi connectivity index (χ2n) is 19.2. The molecular formula is C53H97NO9. The Morgan fingerprint density at radius 1 is 0.524 bits per heavy atom. The molecule has 10 nitrogen and oxygen atoms in total. The summed E-state index contributed by atoms with van der Waals surface area (Å²) in [5, 5.41) is 0. The molecule has 2 saturated heterocycles. The summed E-state index contributed by atoms with van der Waals surface area (Å²) in [6.45, 7) is 7.92. The van der Waals surface area contributed by atoms with Gasteiger partial charge in [0.2, 0.25) is 0 Å². The van der Waals surface area contributed by atoms with Gasteiger partial charge in [0.25, 0.3) is 0 Å². The van der Waals surface area contributed by atoms with Crippen LogP contribution >= 0.6 is 0 Å². The van der Waals surface area contributed by atoms with E-state index in [1.54, 1.807) is 0 Å². The number of hydrogen-bond acceptors (Lipinski definition) is 10. The second kappa shape index (κ2) is 39.0. The van der Waals surface area contributed by atoms with Crippen LogP contribution in [-0.2, 0) is 42.9 Å². The van der Waals surface area contributed by atoms with Crippen molar-refractivity contribution in [2.24, 2.45) is 5.92 Å². The Bertz CT molecular complexity index is 1150. The van der Waals surface area contributed by atoms with Crippen LogP contribution in [0.2, 0.25) is 0 Å². The highest BCUT2D eigenvalue weighted by Gasteiger charge is 2.48. The van der Waals surface area contributed by atoms with Gasteiger partial charge >= 0.3 is 23.9 Å². The van der Waals surface area contributed by atoms with E-state index in [0.717, 1.165) is 51.5 Å². The number of likely N-dealkylation sites (tertiary alicyclic amines) is 1. The number of rotatable bonds is 42. The fraction of sp³-hybridized carbons (Fsp3) is 0.925. The molecule has 0 amide bonds. The Morgan fingerprint density at radius 3 is 1.30 bits per heavy atom. The van der Waals surface area contributed by atoms with Crippen molar-refractivity contribution in [3.05, 3.63) is 0 Å². The molecule has 5 atom stereocenters. The maximum atomic E-state index is 13.4. The van der Waals surface area contributed by atoms with E-state index in [1.165, 1.54) is 148 Å². The molecule has 63 heavy (non-hydrogen) atoms. The van der Waals surface area contributed by atoms with Crippen molar-refractivity contribution in [3.8, 4) is 0 Å². The average Bonchev–Trinajstić information content (AvgIpc) is 3.89. The summed E-state index contributed by atoms with van der Waals surface area (Å²) in [5.74, 6) is -1.74. The van der Waals surface area contributed by atoms with Gasteiger partial charge in [-0.2, -0.15) is 0 Å². The third kappa shape index (κ3) is 29.1. The molecule has 2 heterocycles. The Hall–Kier alpha value is -2.20. The first-order valence-corrected chi connectivity index (χ1v) is 26.8. The Balaban J connectivity index is 2.00. The van der Waals surface area contributed by atoms with Gasteiger partial charge in [0.1, 0.15) is 12.7 Å². The summed E-state index contributed by atoms with van der Waals surface area (Å²) < 4.78 is 30.2. The zero-order chi connectivity index (χ0) is 45.6. The van der Waals surface area contributed by atoms with E-state index in [0.29, 0.717) is 25.8 Å². The lowest BCUT2D eigenvalue weighted by molar-refractivity contribution is -0.180. The van der Waals surface area contributed by atoms with Gasteiger partial charge in [-0.15, -0.1) is 0 Å². The highest BCUT2D eigenvalue weighted by Crippen LogP contribution is 2.28. The molecule has 0 aromatic heterocycles. The molecule has 0 N–H and O–H groups in total. The average molecular weight is 892 g/mol. The van der Waals surface area contributed by atoms with E-state index in [-0.39, 0.29) is 56.3 Å². The van der Waals surface area contributed by atoms with Crippen molar-refractivity contribution >= 4 is 23.9 Å². The SMILES string of the molecule is CCCCCCCCCCCCCC(=O)O[C@H](COC(=O)C1CCN(C)C1)C1OC[C@H](OC(=O)CCCCCCCCCCCC)[C@H]1OC(=O)CCCCCCCCCCCCC. The van der Waals surface area contributed by atoms with E-state index in [1.807, 2.05) is 7.05 Å². The standard InChI is InChI=1S/C53H97NO9/c1-5-8-11-14-17-20-23-26-29-31-34-37-48(55)61-46(44-60-53(58)45-40-41-54(4)42-45)51-52(63-50(57)39-36-33-30-27-24-21-18-15-12-9-6-2)47(43-59-51)62-49(56)38-35-32-28-25-22-19-16-13-10-7-3/h45-47,51-52H,5-44H2,1-4H3/t45?,46-,47+,51?,52-/m1/s1. The van der Waals surface area contributed by atoms with Gasteiger partial charge in [0.05, 0.1) is 12.5 Å². The molecule has 2 fully saturated rings.